The highest BCUT2D eigenvalue weighted by molar-refractivity contribution is 5.81. The van der Waals surface area contributed by atoms with Crippen LogP contribution in [0, 0.1) is 0 Å². The lowest BCUT2D eigenvalue weighted by Gasteiger charge is -2.37. The zero-order valence-electron chi connectivity index (χ0n) is 30.6. The van der Waals surface area contributed by atoms with Gasteiger partial charge in [0.1, 0.15) is 17.8 Å². The zero-order chi connectivity index (χ0) is 35.0. The number of rotatable bonds is 2. The van der Waals surface area contributed by atoms with Crippen LogP contribution < -0.4 is 10.6 Å². The molecule has 0 bridgehead atoms. The number of hydrogen-bond acceptors (Lipinski definition) is 12. The van der Waals surface area contributed by atoms with E-state index < -0.39 is 5.60 Å². The quantitative estimate of drug-likeness (QED) is 0.440. The molecule has 0 aromatic rings. The molecule has 6 saturated heterocycles. The summed E-state index contributed by atoms with van der Waals surface area (Å²) in [6, 6.07) is 1.27. The summed E-state index contributed by atoms with van der Waals surface area (Å²) in [7, 11) is 0. The molecule has 6 fully saturated rings. The number of amides is 2. The van der Waals surface area contributed by atoms with Crippen LogP contribution in [0.1, 0.15) is 60.8 Å². The van der Waals surface area contributed by atoms with Crippen molar-refractivity contribution in [3.05, 3.63) is 0 Å². The normalized spacial score (nSPS) is 25.6. The SMILES string of the molecule is C1CN(C2CCOC2)CCN1.CC(C)(C)OC(=O)N1CCN(C2CCOC2)CC1.CC(C)(C)OC(=O)N1CCNCC1.O=C1CCOC1. The maximum atomic E-state index is 11.9. The van der Waals surface area contributed by atoms with Gasteiger partial charge in [0.25, 0.3) is 0 Å². The van der Waals surface area contributed by atoms with E-state index in [1.54, 1.807) is 9.80 Å². The number of ether oxygens (including phenoxy) is 5. The molecule has 14 nitrogen and oxygen atoms in total. The van der Waals surface area contributed by atoms with Crippen molar-refractivity contribution in [1.82, 2.24) is 30.2 Å². The summed E-state index contributed by atoms with van der Waals surface area (Å²) >= 11 is 0. The summed E-state index contributed by atoms with van der Waals surface area (Å²) in [6.07, 6.45) is 2.59. The summed E-state index contributed by atoms with van der Waals surface area (Å²) in [5.41, 5.74) is -0.796. The second-order valence-electron chi connectivity index (χ2n) is 14.9. The lowest BCUT2D eigenvalue weighted by molar-refractivity contribution is -0.117. The Hall–Kier alpha value is -2.07. The van der Waals surface area contributed by atoms with Crippen LogP contribution in [0.2, 0.25) is 0 Å². The summed E-state index contributed by atoms with van der Waals surface area (Å²) in [6.45, 7) is 27.2. The van der Waals surface area contributed by atoms with Crippen LogP contribution in [0.3, 0.4) is 0 Å². The second-order valence-corrected chi connectivity index (χ2v) is 14.9. The minimum Gasteiger partial charge on any atom is -0.444 e. The molecule has 0 aliphatic carbocycles. The van der Waals surface area contributed by atoms with Gasteiger partial charge in [-0.1, -0.05) is 0 Å². The van der Waals surface area contributed by atoms with Crippen molar-refractivity contribution >= 4 is 18.0 Å². The van der Waals surface area contributed by atoms with E-state index in [9.17, 15) is 14.4 Å². The predicted molar refractivity (Wildman–Crippen MR) is 183 cm³/mol. The molecule has 0 radical (unpaired) electrons. The number of carbonyl (C=O) groups excluding carboxylic acids is 3. The molecular formula is C34H64N6O8. The molecular weight excluding hydrogens is 620 g/mol. The molecule has 0 saturated carbocycles. The van der Waals surface area contributed by atoms with Crippen LogP contribution in [0.25, 0.3) is 0 Å². The van der Waals surface area contributed by atoms with Crippen molar-refractivity contribution < 1.29 is 38.1 Å². The van der Waals surface area contributed by atoms with E-state index in [0.717, 1.165) is 104 Å². The average molecular weight is 685 g/mol. The highest BCUT2D eigenvalue weighted by Gasteiger charge is 2.30. The van der Waals surface area contributed by atoms with E-state index in [1.165, 1.54) is 19.5 Å². The van der Waals surface area contributed by atoms with Crippen LogP contribution in [0.5, 0.6) is 0 Å². The Labute approximate surface area is 288 Å². The second kappa shape index (κ2) is 20.6. The van der Waals surface area contributed by atoms with Gasteiger partial charge in [-0.15, -0.1) is 0 Å². The van der Waals surface area contributed by atoms with E-state index in [-0.39, 0.29) is 23.6 Å². The van der Waals surface area contributed by atoms with Crippen molar-refractivity contribution in [2.24, 2.45) is 0 Å². The van der Waals surface area contributed by atoms with Gasteiger partial charge in [-0.2, -0.15) is 0 Å². The minimum absolute atomic E-state index is 0.190. The number of nitrogens with one attached hydrogen (secondary N) is 2. The average Bonchev–Trinajstić information content (AvgIpc) is 3.87. The number of nitrogens with zero attached hydrogens (tertiary/aromatic N) is 4. The van der Waals surface area contributed by atoms with Crippen molar-refractivity contribution in [2.75, 3.05) is 118 Å². The standard InChI is InChI=1S/C13H24N2O3.C9H18N2O2.C8H16N2O.C4H6O2/c1-13(2,3)18-12(16)15-7-5-14(6-8-15)11-4-9-17-10-11;1-9(2,3)13-8(12)11-6-4-10-5-7-11;1-6-11-7-8(1)10-4-2-9-3-5-10;5-4-1-2-6-3-4/h11H,4-10H2,1-3H3;10H,4-7H2,1-3H3;8-9H,1-7H2;1-3H2. The number of ketones is 1. The number of piperazine rings is 3. The molecule has 6 aliphatic heterocycles. The first-order valence-corrected chi connectivity index (χ1v) is 17.9. The monoisotopic (exact) mass is 684 g/mol. The van der Waals surface area contributed by atoms with Gasteiger partial charge < -0.3 is 44.1 Å². The Morgan fingerprint density at radius 3 is 1.42 bits per heavy atom. The maximum Gasteiger partial charge on any atom is 0.410 e. The smallest absolute Gasteiger partial charge is 0.410 e. The maximum absolute atomic E-state index is 11.9. The van der Waals surface area contributed by atoms with Crippen LogP contribution in [-0.2, 0) is 28.5 Å². The van der Waals surface area contributed by atoms with E-state index in [0.29, 0.717) is 25.7 Å². The van der Waals surface area contributed by atoms with Crippen molar-refractivity contribution in [3.63, 3.8) is 0 Å². The van der Waals surface area contributed by atoms with Crippen LogP contribution in [0.4, 0.5) is 9.59 Å². The number of carbonyl (C=O) groups is 3. The first kappa shape index (κ1) is 40.4. The third-order valence-electron chi connectivity index (χ3n) is 8.52. The summed E-state index contributed by atoms with van der Waals surface area (Å²) in [5, 5.41) is 6.54. The summed E-state index contributed by atoms with van der Waals surface area (Å²) in [5.74, 6) is 0.231. The van der Waals surface area contributed by atoms with Gasteiger partial charge in [0.2, 0.25) is 0 Å². The Balaban J connectivity index is 0.000000184. The number of hydrogen-bond donors (Lipinski definition) is 2. The Morgan fingerprint density at radius 2 is 1.06 bits per heavy atom. The molecule has 0 aromatic carbocycles. The highest BCUT2D eigenvalue weighted by atomic mass is 16.6. The molecule has 6 rings (SSSR count). The van der Waals surface area contributed by atoms with Crippen molar-refractivity contribution in [2.45, 2.75) is 84.1 Å². The van der Waals surface area contributed by atoms with Crippen LogP contribution in [0.15, 0.2) is 0 Å². The van der Waals surface area contributed by atoms with Gasteiger partial charge in [0, 0.05) is 110 Å². The molecule has 6 heterocycles. The third-order valence-corrected chi connectivity index (χ3v) is 8.52. The fourth-order valence-corrected chi connectivity index (χ4v) is 5.88. The summed E-state index contributed by atoms with van der Waals surface area (Å²) < 4.78 is 26.1. The molecule has 0 spiro atoms. The first-order valence-electron chi connectivity index (χ1n) is 17.9. The minimum atomic E-state index is -0.409. The van der Waals surface area contributed by atoms with Gasteiger partial charge in [-0.3, -0.25) is 14.6 Å². The first-order chi connectivity index (χ1) is 22.8. The van der Waals surface area contributed by atoms with Crippen LogP contribution in [-0.4, -0.2) is 179 Å². The largest absolute Gasteiger partial charge is 0.444 e. The predicted octanol–water partition coefficient (Wildman–Crippen LogP) is 1.81. The molecule has 14 heteroatoms. The highest BCUT2D eigenvalue weighted by Crippen LogP contribution is 2.17. The molecule has 48 heavy (non-hydrogen) atoms. The van der Waals surface area contributed by atoms with Crippen molar-refractivity contribution in [3.8, 4) is 0 Å². The Morgan fingerprint density at radius 1 is 0.625 bits per heavy atom. The Bertz CT molecular complexity index is 934. The molecule has 2 atom stereocenters. The van der Waals surface area contributed by atoms with E-state index in [2.05, 4.69) is 20.4 Å². The lowest BCUT2D eigenvalue weighted by Crippen LogP contribution is -2.53. The van der Waals surface area contributed by atoms with Crippen molar-refractivity contribution in [1.29, 1.82) is 0 Å². The molecule has 2 N–H and O–H groups in total. The van der Waals surface area contributed by atoms with E-state index in [1.807, 2.05) is 41.5 Å². The molecule has 2 unspecified atom stereocenters. The molecule has 278 valence electrons. The van der Waals surface area contributed by atoms with Gasteiger partial charge in [-0.05, 0) is 54.4 Å². The van der Waals surface area contributed by atoms with Gasteiger partial charge >= 0.3 is 12.2 Å². The lowest BCUT2D eigenvalue weighted by atomic mass is 10.2. The number of Topliss-reactive ketones (excluding diaryl/α,β-unsaturated/α-hetero) is 1. The van der Waals surface area contributed by atoms with Crippen LogP contribution >= 0.6 is 0 Å². The fraction of sp³-hybridized carbons (Fsp3) is 0.912. The zero-order valence-corrected chi connectivity index (χ0v) is 30.6. The molecule has 0 aromatic heterocycles. The van der Waals surface area contributed by atoms with Gasteiger partial charge in [-0.25, -0.2) is 9.59 Å². The Kier molecular flexibility index (Phi) is 17.3. The van der Waals surface area contributed by atoms with E-state index >= 15 is 0 Å². The van der Waals surface area contributed by atoms with Gasteiger partial charge in [0.15, 0.2) is 5.78 Å². The topological polar surface area (TPSA) is 134 Å². The molecule has 2 amide bonds. The van der Waals surface area contributed by atoms with E-state index in [4.69, 9.17) is 23.7 Å². The van der Waals surface area contributed by atoms with Gasteiger partial charge in [0.05, 0.1) is 19.8 Å². The fourth-order valence-electron chi connectivity index (χ4n) is 5.88. The summed E-state index contributed by atoms with van der Waals surface area (Å²) in [4.78, 5) is 42.0. The molecule has 6 aliphatic rings. The third kappa shape index (κ3) is 16.1.